The minimum atomic E-state index is -0.393. The number of nitrogens with zero attached hydrogens (tertiary/aromatic N) is 1. The number of halogens is 3. The molecule has 0 unspecified atom stereocenters. The highest BCUT2D eigenvalue weighted by atomic mass is 35.5. The molecule has 0 bridgehead atoms. The number of aromatic nitrogens is 2. The lowest BCUT2D eigenvalue weighted by Crippen LogP contribution is -2.13. The van der Waals surface area contributed by atoms with Crippen LogP contribution in [-0.4, -0.2) is 21.8 Å². The molecule has 4 aromatic carbocycles. The van der Waals surface area contributed by atoms with E-state index in [4.69, 9.17) is 34.8 Å². The van der Waals surface area contributed by atoms with Crippen molar-refractivity contribution < 1.29 is 9.59 Å². The van der Waals surface area contributed by atoms with Crippen LogP contribution in [0.1, 0.15) is 20.7 Å². The Morgan fingerprint density at radius 1 is 0.722 bits per heavy atom. The number of aromatic amines is 1. The lowest BCUT2D eigenvalue weighted by atomic mass is 10.1. The third-order valence-corrected chi connectivity index (χ3v) is 6.33. The topological polar surface area (TPSA) is 86.9 Å². The highest BCUT2D eigenvalue weighted by Gasteiger charge is 2.15. The van der Waals surface area contributed by atoms with Crippen molar-refractivity contribution in [3.63, 3.8) is 0 Å². The fourth-order valence-electron chi connectivity index (χ4n) is 3.65. The van der Waals surface area contributed by atoms with Crippen molar-refractivity contribution in [1.82, 2.24) is 9.97 Å². The zero-order valence-corrected chi connectivity index (χ0v) is 20.7. The Balaban J connectivity index is 1.31. The fraction of sp³-hybridized carbons (Fsp3) is 0. The number of H-pyrrole nitrogens is 1. The number of rotatable bonds is 5. The first-order valence-corrected chi connectivity index (χ1v) is 11.9. The molecule has 3 N–H and O–H groups in total. The summed E-state index contributed by atoms with van der Waals surface area (Å²) in [5, 5.41) is 6.81. The first-order valence-electron chi connectivity index (χ1n) is 10.8. The lowest BCUT2D eigenvalue weighted by Gasteiger charge is -2.08. The van der Waals surface area contributed by atoms with Crippen molar-refractivity contribution in [2.24, 2.45) is 0 Å². The number of carbonyl (C=O) groups is 2. The van der Waals surface area contributed by atoms with E-state index in [1.165, 1.54) is 0 Å². The molecule has 36 heavy (non-hydrogen) atoms. The number of nitrogens with one attached hydrogen (secondary N) is 3. The Bertz CT molecular complexity index is 1580. The quantitative estimate of drug-likeness (QED) is 0.215. The van der Waals surface area contributed by atoms with Crippen LogP contribution in [0.4, 0.5) is 11.4 Å². The highest BCUT2D eigenvalue weighted by Crippen LogP contribution is 2.27. The molecule has 178 valence electrons. The van der Waals surface area contributed by atoms with Crippen LogP contribution >= 0.6 is 34.8 Å². The Morgan fingerprint density at radius 3 is 2.06 bits per heavy atom. The molecule has 0 fully saturated rings. The molecule has 0 aliphatic carbocycles. The largest absolute Gasteiger partial charge is 0.338 e. The minimum absolute atomic E-state index is 0.223. The van der Waals surface area contributed by atoms with E-state index < -0.39 is 5.91 Å². The van der Waals surface area contributed by atoms with Crippen molar-refractivity contribution in [1.29, 1.82) is 0 Å². The molecule has 0 atom stereocenters. The van der Waals surface area contributed by atoms with Gasteiger partial charge in [0.2, 0.25) is 0 Å². The predicted molar refractivity (Wildman–Crippen MR) is 145 cm³/mol. The van der Waals surface area contributed by atoms with Gasteiger partial charge in [-0.15, -0.1) is 0 Å². The van der Waals surface area contributed by atoms with Gasteiger partial charge in [-0.3, -0.25) is 9.59 Å². The Morgan fingerprint density at radius 2 is 1.36 bits per heavy atom. The smallest absolute Gasteiger partial charge is 0.258 e. The van der Waals surface area contributed by atoms with Crippen molar-refractivity contribution in [3.05, 3.63) is 111 Å². The summed E-state index contributed by atoms with van der Waals surface area (Å²) < 4.78 is 0. The van der Waals surface area contributed by atoms with Crippen molar-refractivity contribution >= 4 is 69.0 Å². The Hall–Kier alpha value is -3.84. The molecule has 9 heteroatoms. The molecule has 6 nitrogen and oxygen atoms in total. The second-order valence-corrected chi connectivity index (χ2v) is 9.16. The van der Waals surface area contributed by atoms with Crippen molar-refractivity contribution in [2.45, 2.75) is 0 Å². The van der Waals surface area contributed by atoms with Gasteiger partial charge < -0.3 is 15.6 Å². The van der Waals surface area contributed by atoms with Gasteiger partial charge in [-0.05, 0) is 78.9 Å². The maximum Gasteiger partial charge on any atom is 0.258 e. The molecule has 0 saturated carbocycles. The zero-order chi connectivity index (χ0) is 25.2. The number of anilines is 2. The van der Waals surface area contributed by atoms with E-state index in [9.17, 15) is 9.59 Å². The first kappa shape index (κ1) is 23.9. The molecule has 5 aromatic rings. The van der Waals surface area contributed by atoms with E-state index >= 15 is 0 Å². The highest BCUT2D eigenvalue weighted by molar-refractivity contribution is 6.40. The summed E-state index contributed by atoms with van der Waals surface area (Å²) in [6.07, 6.45) is 0. The number of benzene rings is 4. The SMILES string of the molecule is O=C(Nc1ccc2nc(-c3ccc(NC(=O)c4c(Cl)cccc4Cl)cc3)[nH]c2c1)c1ccc(Cl)cc1. The average molecular weight is 536 g/mol. The minimum Gasteiger partial charge on any atom is -0.338 e. The maximum atomic E-state index is 12.6. The molecule has 0 aliphatic rings. The van der Waals surface area contributed by atoms with Crippen LogP contribution < -0.4 is 10.6 Å². The zero-order valence-electron chi connectivity index (χ0n) is 18.5. The summed E-state index contributed by atoms with van der Waals surface area (Å²) >= 11 is 18.1. The summed E-state index contributed by atoms with van der Waals surface area (Å²) in [6.45, 7) is 0. The van der Waals surface area contributed by atoms with Crippen LogP contribution in [-0.2, 0) is 0 Å². The number of carbonyl (C=O) groups excluding carboxylic acids is 2. The van der Waals surface area contributed by atoms with E-state index in [0.29, 0.717) is 27.8 Å². The lowest BCUT2D eigenvalue weighted by molar-refractivity contribution is 0.101. The van der Waals surface area contributed by atoms with E-state index in [1.807, 2.05) is 24.3 Å². The summed E-state index contributed by atoms with van der Waals surface area (Å²) in [4.78, 5) is 33.0. The van der Waals surface area contributed by atoms with Crippen molar-refractivity contribution in [2.75, 3.05) is 10.6 Å². The summed E-state index contributed by atoms with van der Waals surface area (Å²) in [7, 11) is 0. The Kier molecular flexibility index (Phi) is 6.65. The van der Waals surface area contributed by atoms with Crippen LogP contribution in [0.25, 0.3) is 22.4 Å². The molecule has 0 aliphatic heterocycles. The number of fused-ring (bicyclic) bond motifs is 1. The molecule has 1 aromatic heterocycles. The normalized spacial score (nSPS) is 10.9. The van der Waals surface area contributed by atoms with Crippen LogP contribution in [0.3, 0.4) is 0 Å². The molecule has 0 radical (unpaired) electrons. The summed E-state index contributed by atoms with van der Waals surface area (Å²) in [5.74, 6) is 0.0231. The number of imidazole rings is 1. The maximum absolute atomic E-state index is 12.6. The van der Waals surface area contributed by atoms with Gasteiger partial charge in [0.25, 0.3) is 11.8 Å². The second-order valence-electron chi connectivity index (χ2n) is 7.91. The predicted octanol–water partition coefficient (Wildman–Crippen LogP) is 7.69. The van der Waals surface area contributed by atoms with E-state index in [1.54, 1.807) is 60.7 Å². The molecule has 2 amide bonds. The molecule has 0 saturated heterocycles. The van der Waals surface area contributed by atoms with E-state index in [-0.39, 0.29) is 21.5 Å². The standard InChI is InChI=1S/C27H17Cl3N4O2/c28-17-8-4-16(5-9-17)26(35)32-19-12-13-22-23(14-19)34-25(33-22)15-6-10-18(11-7-15)31-27(36)24-20(29)2-1-3-21(24)30/h1-14H,(H,31,36)(H,32,35)(H,33,34). The van der Waals surface area contributed by atoms with Crippen LogP contribution in [0, 0.1) is 0 Å². The molecular formula is C27H17Cl3N4O2. The Labute approximate surface area is 221 Å². The van der Waals surface area contributed by atoms with E-state index in [0.717, 1.165) is 16.6 Å². The van der Waals surface area contributed by atoms with Crippen LogP contribution in [0.15, 0.2) is 84.9 Å². The van der Waals surface area contributed by atoms with Crippen LogP contribution in [0.2, 0.25) is 15.1 Å². The number of amides is 2. The van der Waals surface area contributed by atoms with Gasteiger partial charge in [0.1, 0.15) is 5.82 Å². The molecule has 1 heterocycles. The molecule has 5 rings (SSSR count). The van der Waals surface area contributed by atoms with Gasteiger partial charge >= 0.3 is 0 Å². The van der Waals surface area contributed by atoms with Crippen molar-refractivity contribution in [3.8, 4) is 11.4 Å². The molecule has 0 spiro atoms. The monoisotopic (exact) mass is 534 g/mol. The third kappa shape index (κ3) is 5.06. The average Bonchev–Trinajstić information content (AvgIpc) is 3.28. The van der Waals surface area contributed by atoms with Gasteiger partial charge in [-0.25, -0.2) is 4.98 Å². The number of hydrogen-bond donors (Lipinski definition) is 3. The van der Waals surface area contributed by atoms with Gasteiger partial charge in [0.15, 0.2) is 0 Å². The fourth-order valence-corrected chi connectivity index (χ4v) is 4.34. The molecular weight excluding hydrogens is 519 g/mol. The summed E-state index contributed by atoms with van der Waals surface area (Å²) in [5.41, 5.74) is 4.29. The van der Waals surface area contributed by atoms with Gasteiger partial charge in [0.05, 0.1) is 26.6 Å². The van der Waals surface area contributed by atoms with Crippen LogP contribution in [0.5, 0.6) is 0 Å². The number of hydrogen-bond acceptors (Lipinski definition) is 3. The van der Waals surface area contributed by atoms with Gasteiger partial charge in [-0.1, -0.05) is 40.9 Å². The third-order valence-electron chi connectivity index (χ3n) is 5.45. The second kappa shape index (κ2) is 10.0. The van der Waals surface area contributed by atoms with Gasteiger partial charge in [0, 0.05) is 27.5 Å². The van der Waals surface area contributed by atoms with E-state index in [2.05, 4.69) is 20.6 Å². The van der Waals surface area contributed by atoms with Gasteiger partial charge in [-0.2, -0.15) is 0 Å². The first-order chi connectivity index (χ1) is 17.4. The summed E-state index contributed by atoms with van der Waals surface area (Å²) in [6, 6.07) is 24.2.